The minimum atomic E-state index is -0.130. The van der Waals surface area contributed by atoms with E-state index in [0.29, 0.717) is 11.6 Å². The van der Waals surface area contributed by atoms with Gasteiger partial charge in [-0.25, -0.2) is 14.6 Å². The predicted molar refractivity (Wildman–Crippen MR) is 116 cm³/mol. The molecule has 1 saturated heterocycles. The van der Waals surface area contributed by atoms with E-state index in [1.807, 2.05) is 35.0 Å². The highest BCUT2D eigenvalue weighted by Crippen LogP contribution is 2.42. The fraction of sp³-hybridized carbons (Fsp3) is 0.381. The molecule has 1 saturated carbocycles. The summed E-state index contributed by atoms with van der Waals surface area (Å²) in [5.74, 6) is 0.965. The zero-order valence-electron chi connectivity index (χ0n) is 16.4. The summed E-state index contributed by atoms with van der Waals surface area (Å²) in [4.78, 5) is 23.8. The van der Waals surface area contributed by atoms with E-state index in [1.54, 1.807) is 12.4 Å². The predicted octanol–water partition coefficient (Wildman–Crippen LogP) is 3.10. The van der Waals surface area contributed by atoms with Crippen LogP contribution in [0.5, 0.6) is 0 Å². The number of benzene rings is 1. The van der Waals surface area contributed by atoms with E-state index in [4.69, 9.17) is 0 Å². The van der Waals surface area contributed by atoms with Gasteiger partial charge in [-0.1, -0.05) is 21.1 Å². The normalized spacial score (nSPS) is 17.2. The van der Waals surface area contributed by atoms with Gasteiger partial charge in [0.25, 0.3) is 5.91 Å². The molecule has 0 bridgehead atoms. The topological polar surface area (TPSA) is 88.8 Å². The smallest absolute Gasteiger partial charge is 0.274 e. The summed E-state index contributed by atoms with van der Waals surface area (Å²) < 4.78 is 2.82. The van der Waals surface area contributed by atoms with Gasteiger partial charge in [0, 0.05) is 41.9 Å². The fourth-order valence-electron chi connectivity index (χ4n) is 3.88. The van der Waals surface area contributed by atoms with Gasteiger partial charge >= 0.3 is 0 Å². The molecule has 1 amide bonds. The molecule has 0 unspecified atom stereocenters. The Morgan fingerprint density at radius 1 is 1.03 bits per heavy atom. The lowest BCUT2D eigenvalue weighted by atomic mass is 10.0. The second-order valence-electron chi connectivity index (χ2n) is 7.77. The van der Waals surface area contributed by atoms with Crippen molar-refractivity contribution in [1.82, 2.24) is 30.3 Å². The largest absolute Gasteiger partial charge is 0.348 e. The summed E-state index contributed by atoms with van der Waals surface area (Å²) in [5, 5.41) is 11.7. The molecule has 154 valence electrons. The van der Waals surface area contributed by atoms with Gasteiger partial charge in [0.2, 0.25) is 5.95 Å². The highest BCUT2D eigenvalue weighted by atomic mass is 79.9. The first-order chi connectivity index (χ1) is 14.7. The number of amides is 1. The Morgan fingerprint density at radius 2 is 1.73 bits per heavy atom. The quantitative estimate of drug-likeness (QED) is 0.619. The van der Waals surface area contributed by atoms with Gasteiger partial charge in [0.05, 0.1) is 11.4 Å². The maximum Gasteiger partial charge on any atom is 0.274 e. The van der Waals surface area contributed by atoms with E-state index < -0.39 is 0 Å². The summed E-state index contributed by atoms with van der Waals surface area (Å²) in [6.45, 7) is 1.63. The van der Waals surface area contributed by atoms with Gasteiger partial charge in [-0.3, -0.25) is 4.79 Å². The molecule has 3 aromatic rings. The third-order valence-electron chi connectivity index (χ3n) is 5.62. The van der Waals surface area contributed by atoms with Crippen LogP contribution >= 0.6 is 15.9 Å². The minimum absolute atomic E-state index is 0.113. The second kappa shape index (κ2) is 8.14. The van der Waals surface area contributed by atoms with Crippen LogP contribution in [0.2, 0.25) is 0 Å². The monoisotopic (exact) mass is 467 g/mol. The van der Waals surface area contributed by atoms with Crippen LogP contribution in [0.25, 0.3) is 5.69 Å². The number of anilines is 1. The van der Waals surface area contributed by atoms with E-state index in [9.17, 15) is 4.79 Å². The van der Waals surface area contributed by atoms with Crippen LogP contribution in [0, 0.1) is 0 Å². The number of hydrogen-bond acceptors (Lipinski definition) is 6. The number of halogens is 1. The average Bonchev–Trinajstić information content (AvgIpc) is 3.53. The van der Waals surface area contributed by atoms with E-state index in [2.05, 4.69) is 46.4 Å². The highest BCUT2D eigenvalue weighted by molar-refractivity contribution is 9.10. The van der Waals surface area contributed by atoms with Crippen molar-refractivity contribution in [3.8, 4) is 5.69 Å². The van der Waals surface area contributed by atoms with Crippen molar-refractivity contribution in [1.29, 1.82) is 0 Å². The van der Waals surface area contributed by atoms with Crippen molar-refractivity contribution in [3.63, 3.8) is 0 Å². The molecule has 0 atom stereocenters. The molecule has 1 aromatic carbocycles. The van der Waals surface area contributed by atoms with Crippen molar-refractivity contribution in [3.05, 3.63) is 58.6 Å². The van der Waals surface area contributed by atoms with E-state index in [1.165, 1.54) is 0 Å². The summed E-state index contributed by atoms with van der Waals surface area (Å²) in [7, 11) is 0. The number of aromatic nitrogens is 5. The summed E-state index contributed by atoms with van der Waals surface area (Å²) in [5.41, 5.74) is 2.29. The molecule has 30 heavy (non-hydrogen) atoms. The van der Waals surface area contributed by atoms with Gasteiger partial charge in [-0.2, -0.15) is 0 Å². The van der Waals surface area contributed by atoms with Gasteiger partial charge in [-0.05, 0) is 56.0 Å². The number of carbonyl (C=O) groups is 1. The first kappa shape index (κ1) is 19.2. The molecule has 0 radical (unpaired) electrons. The highest BCUT2D eigenvalue weighted by Gasteiger charge is 2.35. The molecule has 9 heteroatoms. The lowest BCUT2D eigenvalue weighted by molar-refractivity contribution is 0.0925. The Bertz CT molecular complexity index is 1030. The van der Waals surface area contributed by atoms with Crippen molar-refractivity contribution >= 4 is 27.8 Å². The molecule has 0 spiro atoms. The molecule has 8 nitrogen and oxygen atoms in total. The Morgan fingerprint density at radius 3 is 2.40 bits per heavy atom. The molecule has 3 heterocycles. The Hall–Kier alpha value is -2.81. The van der Waals surface area contributed by atoms with Crippen molar-refractivity contribution < 1.29 is 4.79 Å². The maximum absolute atomic E-state index is 13.0. The number of nitrogens with zero attached hydrogens (tertiary/aromatic N) is 6. The number of carbonyl (C=O) groups excluding carboxylic acids is 1. The number of nitrogens with one attached hydrogen (secondary N) is 1. The van der Waals surface area contributed by atoms with Crippen molar-refractivity contribution in [2.45, 2.75) is 37.6 Å². The van der Waals surface area contributed by atoms with Gasteiger partial charge in [0.1, 0.15) is 0 Å². The standard InChI is InChI=1S/C21H22BrN7O/c22-15-4-6-17(7-5-15)29-19(14-2-3-14)18(26-27-29)20(30)25-16-8-12-28(13-9-16)21-23-10-1-11-24-21/h1,4-7,10-11,14,16H,2-3,8-9,12-13H2,(H,25,30). The third kappa shape index (κ3) is 3.94. The summed E-state index contributed by atoms with van der Waals surface area (Å²) in [6, 6.07) is 9.83. The third-order valence-corrected chi connectivity index (χ3v) is 6.15. The molecule has 2 fully saturated rings. The molecule has 1 aliphatic heterocycles. The molecule has 1 aliphatic carbocycles. The molecule has 1 N–H and O–H groups in total. The average molecular weight is 468 g/mol. The first-order valence-corrected chi connectivity index (χ1v) is 11.0. The Balaban J connectivity index is 1.28. The van der Waals surface area contributed by atoms with Crippen LogP contribution in [0.1, 0.15) is 47.8 Å². The molecular weight excluding hydrogens is 446 g/mol. The van der Waals surface area contributed by atoms with Gasteiger partial charge in [-0.15, -0.1) is 5.10 Å². The van der Waals surface area contributed by atoms with Gasteiger partial charge < -0.3 is 10.2 Å². The van der Waals surface area contributed by atoms with Crippen molar-refractivity contribution in [2.75, 3.05) is 18.0 Å². The van der Waals surface area contributed by atoms with Crippen LogP contribution in [0.4, 0.5) is 5.95 Å². The Labute approximate surface area is 182 Å². The Kier molecular flexibility index (Phi) is 5.20. The fourth-order valence-corrected chi connectivity index (χ4v) is 4.14. The molecule has 2 aromatic heterocycles. The van der Waals surface area contributed by atoms with Crippen molar-refractivity contribution in [2.24, 2.45) is 0 Å². The van der Waals surface area contributed by atoms with Crippen LogP contribution in [-0.2, 0) is 0 Å². The second-order valence-corrected chi connectivity index (χ2v) is 8.69. The van der Waals surface area contributed by atoms with Crippen LogP contribution < -0.4 is 10.2 Å². The van der Waals surface area contributed by atoms with Crippen LogP contribution in [-0.4, -0.2) is 50.0 Å². The zero-order chi connectivity index (χ0) is 20.5. The number of rotatable bonds is 5. The first-order valence-electron chi connectivity index (χ1n) is 10.2. The van der Waals surface area contributed by atoms with E-state index in [0.717, 1.165) is 60.6 Å². The number of piperidine rings is 1. The maximum atomic E-state index is 13.0. The minimum Gasteiger partial charge on any atom is -0.348 e. The number of hydrogen-bond donors (Lipinski definition) is 1. The van der Waals surface area contributed by atoms with Crippen LogP contribution in [0.3, 0.4) is 0 Å². The molecule has 2 aliphatic rings. The molecular formula is C21H22BrN7O. The van der Waals surface area contributed by atoms with E-state index >= 15 is 0 Å². The van der Waals surface area contributed by atoms with Crippen LogP contribution in [0.15, 0.2) is 47.2 Å². The lowest BCUT2D eigenvalue weighted by Gasteiger charge is -2.32. The summed E-state index contributed by atoms with van der Waals surface area (Å²) in [6.07, 6.45) is 7.35. The molecule has 5 rings (SSSR count). The summed E-state index contributed by atoms with van der Waals surface area (Å²) >= 11 is 3.46. The van der Waals surface area contributed by atoms with E-state index in [-0.39, 0.29) is 11.9 Å². The zero-order valence-corrected chi connectivity index (χ0v) is 18.0. The SMILES string of the molecule is O=C(NC1CCN(c2ncccn2)CC1)c1nnn(-c2ccc(Br)cc2)c1C1CC1. The van der Waals surface area contributed by atoms with Gasteiger partial charge in [0.15, 0.2) is 5.69 Å². The lowest BCUT2D eigenvalue weighted by Crippen LogP contribution is -2.45.